The largest absolute Gasteiger partial charge is 0.319 e. The van der Waals surface area contributed by atoms with Gasteiger partial charge in [-0.2, -0.15) is 0 Å². The second kappa shape index (κ2) is 2.77. The predicted molar refractivity (Wildman–Crippen MR) is 47.3 cm³/mol. The smallest absolute Gasteiger partial charge is 0.226 e. The van der Waals surface area contributed by atoms with E-state index in [0.717, 1.165) is 12.8 Å². The van der Waals surface area contributed by atoms with Gasteiger partial charge in [0.1, 0.15) is 0 Å². The first-order valence-electron chi connectivity index (χ1n) is 4.42. The molecule has 1 aliphatic heterocycles. The van der Waals surface area contributed by atoms with Gasteiger partial charge in [0.25, 0.3) is 0 Å². The molecule has 0 spiro atoms. The SMILES string of the molecule is CN1C(=O)CCC2CC=CC=C21. The molecule has 64 valence electrons. The first-order chi connectivity index (χ1) is 5.79. The minimum absolute atomic E-state index is 0.257. The van der Waals surface area contributed by atoms with Crippen LogP contribution in [0.3, 0.4) is 0 Å². The lowest BCUT2D eigenvalue weighted by Gasteiger charge is -2.33. The van der Waals surface area contributed by atoms with Crippen LogP contribution < -0.4 is 0 Å². The van der Waals surface area contributed by atoms with Crippen LogP contribution in [0.25, 0.3) is 0 Å². The van der Waals surface area contributed by atoms with Gasteiger partial charge in [-0.05, 0) is 18.9 Å². The van der Waals surface area contributed by atoms with Gasteiger partial charge >= 0.3 is 0 Å². The van der Waals surface area contributed by atoms with E-state index in [1.165, 1.54) is 5.70 Å². The lowest BCUT2D eigenvalue weighted by atomic mass is 9.88. The van der Waals surface area contributed by atoms with Gasteiger partial charge in [-0.25, -0.2) is 0 Å². The number of likely N-dealkylation sites (tertiary alicyclic amines) is 1. The van der Waals surface area contributed by atoms with E-state index in [0.29, 0.717) is 12.3 Å². The van der Waals surface area contributed by atoms with E-state index in [4.69, 9.17) is 0 Å². The zero-order chi connectivity index (χ0) is 8.55. The minimum Gasteiger partial charge on any atom is -0.319 e. The van der Waals surface area contributed by atoms with Gasteiger partial charge in [-0.3, -0.25) is 4.79 Å². The Balaban J connectivity index is 2.27. The standard InChI is InChI=1S/C10H13NO/c1-11-9-5-3-2-4-8(9)6-7-10(11)12/h2-3,5,8H,4,6-7H2,1H3. The monoisotopic (exact) mass is 163 g/mol. The van der Waals surface area contributed by atoms with Gasteiger partial charge in [-0.15, -0.1) is 0 Å². The Kier molecular flexibility index (Phi) is 1.75. The van der Waals surface area contributed by atoms with Gasteiger partial charge in [0, 0.05) is 25.1 Å². The maximum Gasteiger partial charge on any atom is 0.226 e. The van der Waals surface area contributed by atoms with Crippen molar-refractivity contribution in [2.45, 2.75) is 19.3 Å². The molecule has 1 aliphatic carbocycles. The summed E-state index contributed by atoms with van der Waals surface area (Å²) in [6, 6.07) is 0. The molecular weight excluding hydrogens is 150 g/mol. The van der Waals surface area contributed by atoms with Crippen LogP contribution in [0.2, 0.25) is 0 Å². The Labute approximate surface area is 72.6 Å². The highest BCUT2D eigenvalue weighted by Crippen LogP contribution is 2.31. The second-order valence-corrected chi connectivity index (χ2v) is 3.44. The van der Waals surface area contributed by atoms with E-state index in [-0.39, 0.29) is 5.91 Å². The summed E-state index contributed by atoms with van der Waals surface area (Å²) in [6.07, 6.45) is 9.12. The molecule has 0 N–H and O–H groups in total. The van der Waals surface area contributed by atoms with Crippen molar-refractivity contribution in [2.75, 3.05) is 7.05 Å². The molecule has 1 unspecified atom stereocenters. The average molecular weight is 163 g/mol. The number of hydrogen-bond acceptors (Lipinski definition) is 1. The molecular formula is C10H13NO. The van der Waals surface area contributed by atoms with Gasteiger partial charge in [-0.1, -0.05) is 12.2 Å². The van der Waals surface area contributed by atoms with Crippen LogP contribution in [0, 0.1) is 5.92 Å². The van der Waals surface area contributed by atoms with Gasteiger partial charge < -0.3 is 4.90 Å². The molecule has 0 radical (unpaired) electrons. The molecule has 1 saturated heterocycles. The Bertz CT molecular complexity index is 265. The maximum atomic E-state index is 11.3. The first kappa shape index (κ1) is 7.59. The fraction of sp³-hybridized carbons (Fsp3) is 0.500. The Morgan fingerprint density at radius 2 is 2.42 bits per heavy atom. The number of rotatable bonds is 0. The molecule has 0 aromatic heterocycles. The van der Waals surface area contributed by atoms with Crippen LogP contribution in [-0.4, -0.2) is 17.9 Å². The number of carbonyl (C=O) groups is 1. The Morgan fingerprint density at radius 1 is 1.58 bits per heavy atom. The van der Waals surface area contributed by atoms with E-state index < -0.39 is 0 Å². The summed E-state index contributed by atoms with van der Waals surface area (Å²) in [4.78, 5) is 13.1. The normalized spacial score (nSPS) is 28.4. The van der Waals surface area contributed by atoms with Crippen molar-refractivity contribution in [1.82, 2.24) is 4.90 Å². The van der Waals surface area contributed by atoms with Gasteiger partial charge in [0.2, 0.25) is 5.91 Å². The molecule has 2 rings (SSSR count). The van der Waals surface area contributed by atoms with Crippen molar-refractivity contribution >= 4 is 5.91 Å². The molecule has 2 heteroatoms. The Hall–Kier alpha value is -1.05. The van der Waals surface area contributed by atoms with Crippen LogP contribution >= 0.6 is 0 Å². The van der Waals surface area contributed by atoms with Gasteiger partial charge in [0.15, 0.2) is 0 Å². The number of carbonyl (C=O) groups excluding carboxylic acids is 1. The molecule has 0 aromatic carbocycles. The number of allylic oxidation sites excluding steroid dienone is 4. The number of fused-ring (bicyclic) bond motifs is 1. The van der Waals surface area contributed by atoms with E-state index in [1.54, 1.807) is 4.90 Å². The summed E-state index contributed by atoms with van der Waals surface area (Å²) in [5, 5.41) is 0. The molecule has 0 bridgehead atoms. The number of nitrogens with zero attached hydrogens (tertiary/aromatic N) is 1. The lowest BCUT2D eigenvalue weighted by Crippen LogP contribution is -2.35. The van der Waals surface area contributed by atoms with Crippen LogP contribution in [0.4, 0.5) is 0 Å². The molecule has 2 nitrogen and oxygen atoms in total. The molecule has 1 amide bonds. The summed E-state index contributed by atoms with van der Waals surface area (Å²) in [5.74, 6) is 0.852. The van der Waals surface area contributed by atoms with E-state index in [9.17, 15) is 4.79 Å². The quantitative estimate of drug-likeness (QED) is 0.532. The highest BCUT2D eigenvalue weighted by molar-refractivity contribution is 5.79. The van der Waals surface area contributed by atoms with Crippen LogP contribution in [-0.2, 0) is 4.79 Å². The lowest BCUT2D eigenvalue weighted by molar-refractivity contribution is -0.130. The van der Waals surface area contributed by atoms with Crippen molar-refractivity contribution in [3.8, 4) is 0 Å². The highest BCUT2D eigenvalue weighted by atomic mass is 16.2. The van der Waals surface area contributed by atoms with E-state index >= 15 is 0 Å². The molecule has 1 heterocycles. The van der Waals surface area contributed by atoms with Crippen molar-refractivity contribution in [3.05, 3.63) is 23.9 Å². The molecule has 1 fully saturated rings. The third-order valence-corrected chi connectivity index (χ3v) is 2.71. The maximum absolute atomic E-state index is 11.3. The third kappa shape index (κ3) is 1.07. The molecule has 0 saturated carbocycles. The minimum atomic E-state index is 0.257. The zero-order valence-electron chi connectivity index (χ0n) is 7.29. The van der Waals surface area contributed by atoms with E-state index in [1.807, 2.05) is 13.1 Å². The second-order valence-electron chi connectivity index (χ2n) is 3.44. The average Bonchev–Trinajstić information content (AvgIpc) is 2.12. The van der Waals surface area contributed by atoms with Crippen molar-refractivity contribution in [1.29, 1.82) is 0 Å². The third-order valence-electron chi connectivity index (χ3n) is 2.71. The van der Waals surface area contributed by atoms with E-state index in [2.05, 4.69) is 12.2 Å². The van der Waals surface area contributed by atoms with Crippen LogP contribution in [0.5, 0.6) is 0 Å². The number of amides is 1. The molecule has 12 heavy (non-hydrogen) atoms. The fourth-order valence-corrected chi connectivity index (χ4v) is 1.93. The van der Waals surface area contributed by atoms with Crippen molar-refractivity contribution < 1.29 is 4.79 Å². The van der Waals surface area contributed by atoms with Gasteiger partial charge in [0.05, 0.1) is 0 Å². The predicted octanol–water partition coefficient (Wildman–Crippen LogP) is 1.70. The van der Waals surface area contributed by atoms with Crippen LogP contribution in [0.15, 0.2) is 23.9 Å². The number of hydrogen-bond donors (Lipinski definition) is 0. The summed E-state index contributed by atoms with van der Waals surface area (Å²) in [7, 11) is 1.87. The summed E-state index contributed by atoms with van der Waals surface area (Å²) < 4.78 is 0. The fourth-order valence-electron chi connectivity index (χ4n) is 1.93. The zero-order valence-corrected chi connectivity index (χ0v) is 7.29. The molecule has 2 aliphatic rings. The van der Waals surface area contributed by atoms with Crippen LogP contribution in [0.1, 0.15) is 19.3 Å². The summed E-state index contributed by atoms with van der Waals surface area (Å²) in [6.45, 7) is 0. The summed E-state index contributed by atoms with van der Waals surface area (Å²) in [5.41, 5.74) is 1.20. The van der Waals surface area contributed by atoms with Crippen molar-refractivity contribution in [3.63, 3.8) is 0 Å². The Morgan fingerprint density at radius 3 is 3.25 bits per heavy atom. The highest BCUT2D eigenvalue weighted by Gasteiger charge is 2.27. The molecule has 1 atom stereocenters. The number of piperidine rings is 1. The van der Waals surface area contributed by atoms with Crippen molar-refractivity contribution in [2.24, 2.45) is 5.92 Å². The topological polar surface area (TPSA) is 20.3 Å². The summed E-state index contributed by atoms with van der Waals surface area (Å²) >= 11 is 0. The first-order valence-corrected chi connectivity index (χ1v) is 4.42. The molecule has 0 aromatic rings.